The fourth-order valence-electron chi connectivity index (χ4n) is 4.33. The van der Waals surface area contributed by atoms with E-state index >= 15 is 0 Å². The minimum absolute atomic E-state index is 0.0623. The zero-order valence-corrected chi connectivity index (χ0v) is 17.4. The third-order valence-electron chi connectivity index (χ3n) is 5.97. The topological polar surface area (TPSA) is 57.4 Å². The van der Waals surface area contributed by atoms with Crippen LogP contribution in [0.5, 0.6) is 5.75 Å². The molecule has 1 aromatic heterocycles. The number of piperidine rings is 1. The number of carbonyl (C=O) groups is 1. The van der Waals surface area contributed by atoms with E-state index in [1.165, 1.54) is 16.5 Å². The molecule has 0 unspecified atom stereocenters. The molecular formula is C24H29N3O2. The van der Waals surface area contributed by atoms with Gasteiger partial charge in [0.2, 0.25) is 5.91 Å². The number of nitrogens with zero attached hydrogens (tertiary/aromatic N) is 1. The van der Waals surface area contributed by atoms with Gasteiger partial charge in [0.1, 0.15) is 5.75 Å². The van der Waals surface area contributed by atoms with E-state index in [0.29, 0.717) is 12.5 Å². The SMILES string of the molecule is COc1ccc2[nH]cc(C3CCN(CC(=O)Nc4ccc(C)cc4C)CC3)c2c1. The molecule has 3 aromatic rings. The molecule has 5 heteroatoms. The van der Waals surface area contributed by atoms with Crippen molar-refractivity contribution in [3.8, 4) is 5.75 Å². The average Bonchev–Trinajstić information content (AvgIpc) is 3.14. The van der Waals surface area contributed by atoms with Gasteiger partial charge in [-0.05, 0) is 81.1 Å². The van der Waals surface area contributed by atoms with Gasteiger partial charge in [0.05, 0.1) is 13.7 Å². The van der Waals surface area contributed by atoms with Crippen LogP contribution in [0.25, 0.3) is 10.9 Å². The number of hydrogen-bond donors (Lipinski definition) is 2. The molecule has 29 heavy (non-hydrogen) atoms. The molecule has 0 atom stereocenters. The van der Waals surface area contributed by atoms with Gasteiger partial charge < -0.3 is 15.0 Å². The first-order chi connectivity index (χ1) is 14.0. The van der Waals surface area contributed by atoms with E-state index in [1.807, 2.05) is 25.1 Å². The molecule has 0 bridgehead atoms. The van der Waals surface area contributed by atoms with Gasteiger partial charge in [0.25, 0.3) is 0 Å². The Bertz CT molecular complexity index is 1020. The number of nitrogens with one attached hydrogen (secondary N) is 2. The zero-order valence-electron chi connectivity index (χ0n) is 17.4. The van der Waals surface area contributed by atoms with E-state index in [4.69, 9.17) is 4.74 Å². The Labute approximate surface area is 172 Å². The van der Waals surface area contributed by atoms with Crippen molar-refractivity contribution in [2.75, 3.05) is 32.1 Å². The number of fused-ring (bicyclic) bond motifs is 1. The second-order valence-electron chi connectivity index (χ2n) is 8.07. The van der Waals surface area contributed by atoms with Gasteiger partial charge in [-0.1, -0.05) is 17.7 Å². The first kappa shape index (κ1) is 19.5. The van der Waals surface area contributed by atoms with Crippen LogP contribution < -0.4 is 10.1 Å². The number of hydrogen-bond acceptors (Lipinski definition) is 3. The molecule has 1 amide bonds. The van der Waals surface area contributed by atoms with Crippen LogP contribution in [0.4, 0.5) is 5.69 Å². The Hall–Kier alpha value is -2.79. The lowest BCUT2D eigenvalue weighted by molar-refractivity contribution is -0.117. The van der Waals surface area contributed by atoms with Gasteiger partial charge in [0.15, 0.2) is 0 Å². The molecule has 4 rings (SSSR count). The summed E-state index contributed by atoms with van der Waals surface area (Å²) in [6.07, 6.45) is 4.25. The van der Waals surface area contributed by atoms with Crippen LogP contribution in [-0.2, 0) is 4.79 Å². The minimum atomic E-state index is 0.0623. The summed E-state index contributed by atoms with van der Waals surface area (Å²) in [4.78, 5) is 18.1. The Morgan fingerprint density at radius 2 is 1.97 bits per heavy atom. The number of H-pyrrole nitrogens is 1. The predicted octanol–water partition coefficient (Wildman–Crippen LogP) is 4.61. The number of ether oxygens (including phenoxy) is 1. The third kappa shape index (κ3) is 4.30. The fourth-order valence-corrected chi connectivity index (χ4v) is 4.33. The molecule has 0 aliphatic carbocycles. The lowest BCUT2D eigenvalue weighted by atomic mass is 9.89. The summed E-state index contributed by atoms with van der Waals surface area (Å²) in [6.45, 7) is 6.40. The highest BCUT2D eigenvalue weighted by molar-refractivity contribution is 5.93. The van der Waals surface area contributed by atoms with Gasteiger partial charge in [-0.15, -0.1) is 0 Å². The van der Waals surface area contributed by atoms with E-state index in [1.54, 1.807) is 7.11 Å². The molecule has 0 radical (unpaired) electrons. The quantitative estimate of drug-likeness (QED) is 0.668. The largest absolute Gasteiger partial charge is 0.497 e. The highest BCUT2D eigenvalue weighted by Crippen LogP contribution is 2.34. The van der Waals surface area contributed by atoms with Gasteiger partial charge >= 0.3 is 0 Å². The maximum Gasteiger partial charge on any atom is 0.238 e. The Morgan fingerprint density at radius 3 is 2.69 bits per heavy atom. The zero-order chi connectivity index (χ0) is 20.4. The molecule has 1 aliphatic heterocycles. The van der Waals surface area contributed by atoms with Crippen LogP contribution in [0.1, 0.15) is 35.4 Å². The average molecular weight is 392 g/mol. The molecule has 2 heterocycles. The second-order valence-corrected chi connectivity index (χ2v) is 8.07. The maximum atomic E-state index is 12.5. The molecule has 152 valence electrons. The number of likely N-dealkylation sites (tertiary alicyclic amines) is 1. The van der Waals surface area contributed by atoms with Gasteiger partial charge in [-0.3, -0.25) is 9.69 Å². The molecule has 5 nitrogen and oxygen atoms in total. The number of aromatic nitrogens is 1. The lowest BCUT2D eigenvalue weighted by Gasteiger charge is -2.31. The number of carbonyl (C=O) groups excluding carboxylic acids is 1. The van der Waals surface area contributed by atoms with Gasteiger partial charge in [-0.2, -0.15) is 0 Å². The molecule has 0 saturated carbocycles. The van der Waals surface area contributed by atoms with E-state index in [-0.39, 0.29) is 5.91 Å². The number of benzene rings is 2. The highest BCUT2D eigenvalue weighted by Gasteiger charge is 2.24. The standard InChI is InChI=1S/C24H29N3O2/c1-16-4-6-22(17(2)12-16)26-24(28)15-27-10-8-18(9-11-27)21-14-25-23-7-5-19(29-3)13-20(21)23/h4-7,12-14,18,25H,8-11,15H2,1-3H3,(H,26,28). The van der Waals surface area contributed by atoms with Crippen LogP contribution in [-0.4, -0.2) is 42.5 Å². The summed E-state index contributed by atoms with van der Waals surface area (Å²) in [6, 6.07) is 12.3. The van der Waals surface area contributed by atoms with Crippen LogP contribution in [0.3, 0.4) is 0 Å². The Kier molecular flexibility index (Phi) is 5.58. The number of aryl methyl sites for hydroxylation is 2. The van der Waals surface area contributed by atoms with Crippen molar-refractivity contribution in [1.29, 1.82) is 0 Å². The number of aromatic amines is 1. The predicted molar refractivity (Wildman–Crippen MR) is 118 cm³/mol. The third-order valence-corrected chi connectivity index (χ3v) is 5.97. The number of anilines is 1. The van der Waals surface area contributed by atoms with Crippen LogP contribution >= 0.6 is 0 Å². The van der Waals surface area contributed by atoms with Crippen LogP contribution in [0.2, 0.25) is 0 Å². The number of methoxy groups -OCH3 is 1. The summed E-state index contributed by atoms with van der Waals surface area (Å²) < 4.78 is 5.39. The molecular weight excluding hydrogens is 362 g/mol. The molecule has 2 N–H and O–H groups in total. The van der Waals surface area contributed by atoms with Gasteiger partial charge in [0, 0.05) is 22.8 Å². The van der Waals surface area contributed by atoms with Crippen LogP contribution in [0.15, 0.2) is 42.6 Å². The summed E-state index contributed by atoms with van der Waals surface area (Å²) in [5.74, 6) is 1.46. The first-order valence-electron chi connectivity index (χ1n) is 10.3. The fraction of sp³-hybridized carbons (Fsp3) is 0.375. The second kappa shape index (κ2) is 8.29. The summed E-state index contributed by atoms with van der Waals surface area (Å²) in [7, 11) is 1.70. The molecule has 1 saturated heterocycles. The summed E-state index contributed by atoms with van der Waals surface area (Å²) >= 11 is 0. The minimum Gasteiger partial charge on any atom is -0.497 e. The van der Waals surface area contributed by atoms with Crippen molar-refractivity contribution >= 4 is 22.5 Å². The lowest BCUT2D eigenvalue weighted by Crippen LogP contribution is -2.38. The van der Waals surface area contributed by atoms with E-state index < -0.39 is 0 Å². The molecule has 0 spiro atoms. The molecule has 2 aromatic carbocycles. The normalized spacial score (nSPS) is 15.6. The highest BCUT2D eigenvalue weighted by atomic mass is 16.5. The molecule has 1 fully saturated rings. The number of rotatable bonds is 5. The van der Waals surface area contributed by atoms with Gasteiger partial charge in [-0.25, -0.2) is 0 Å². The van der Waals surface area contributed by atoms with E-state index in [9.17, 15) is 4.79 Å². The van der Waals surface area contributed by atoms with E-state index in [2.05, 4.69) is 46.5 Å². The monoisotopic (exact) mass is 391 g/mol. The van der Waals surface area contributed by atoms with Crippen molar-refractivity contribution in [2.24, 2.45) is 0 Å². The van der Waals surface area contributed by atoms with Crippen molar-refractivity contribution in [3.63, 3.8) is 0 Å². The molecule has 1 aliphatic rings. The Balaban J connectivity index is 1.35. The van der Waals surface area contributed by atoms with E-state index in [0.717, 1.165) is 48.4 Å². The van der Waals surface area contributed by atoms with Crippen molar-refractivity contribution in [1.82, 2.24) is 9.88 Å². The smallest absolute Gasteiger partial charge is 0.238 e. The summed E-state index contributed by atoms with van der Waals surface area (Å²) in [5, 5.41) is 4.31. The van der Waals surface area contributed by atoms with Crippen LogP contribution in [0, 0.1) is 13.8 Å². The van der Waals surface area contributed by atoms with Crippen molar-refractivity contribution in [3.05, 3.63) is 59.3 Å². The Morgan fingerprint density at radius 1 is 1.17 bits per heavy atom. The summed E-state index contributed by atoms with van der Waals surface area (Å²) in [5.41, 5.74) is 5.72. The van der Waals surface area contributed by atoms with Crippen molar-refractivity contribution in [2.45, 2.75) is 32.6 Å². The maximum absolute atomic E-state index is 12.5. The number of amides is 1. The van der Waals surface area contributed by atoms with Crippen molar-refractivity contribution < 1.29 is 9.53 Å². The first-order valence-corrected chi connectivity index (χ1v) is 10.3.